The van der Waals surface area contributed by atoms with Crippen LogP contribution in [0.15, 0.2) is 23.3 Å². The number of nitrogens with zero attached hydrogens (tertiary/aromatic N) is 1. The Balaban J connectivity index is 2.08. The van der Waals surface area contributed by atoms with E-state index in [-0.39, 0.29) is 0 Å². The first-order chi connectivity index (χ1) is 8.61. The van der Waals surface area contributed by atoms with Crippen LogP contribution in [0.4, 0.5) is 0 Å². The predicted octanol–water partition coefficient (Wildman–Crippen LogP) is 2.96. The van der Waals surface area contributed by atoms with Crippen LogP contribution in [0.25, 0.3) is 0 Å². The van der Waals surface area contributed by atoms with Crippen molar-refractivity contribution in [2.45, 2.75) is 45.6 Å². The highest BCUT2D eigenvalue weighted by Gasteiger charge is 2.31. The summed E-state index contributed by atoms with van der Waals surface area (Å²) in [7, 11) is 2.27. The molecule has 0 radical (unpaired) electrons. The van der Waals surface area contributed by atoms with Crippen molar-refractivity contribution in [2.75, 3.05) is 20.1 Å². The fourth-order valence-corrected chi connectivity index (χ4v) is 3.45. The molecule has 0 bridgehead atoms. The maximum Gasteiger partial charge on any atom is 0.0139 e. The van der Waals surface area contributed by atoms with E-state index in [1.165, 1.54) is 32.2 Å². The Kier molecular flexibility index (Phi) is 4.63. The zero-order valence-electron chi connectivity index (χ0n) is 12.2. The summed E-state index contributed by atoms with van der Waals surface area (Å²) in [6, 6.07) is 0.683. The summed E-state index contributed by atoms with van der Waals surface area (Å²) in [4.78, 5) is 2.54. The van der Waals surface area contributed by atoms with Crippen LogP contribution >= 0.6 is 0 Å². The zero-order valence-corrected chi connectivity index (χ0v) is 12.2. The number of allylic oxidation sites excluding steroid dienone is 2. The molecule has 0 aromatic carbocycles. The molecule has 0 spiro atoms. The normalized spacial score (nSPS) is 28.1. The standard InChI is InChI=1S/C16H28N2/c1-12(2)11-18(3)15-8-13-6-4-5-7-16(13)14(9-15)10-17/h6-7,12,14-15H,4-5,8-11,17H2,1-3H3. The van der Waals surface area contributed by atoms with E-state index in [9.17, 15) is 0 Å². The average molecular weight is 248 g/mol. The van der Waals surface area contributed by atoms with Crippen molar-refractivity contribution in [3.05, 3.63) is 23.3 Å². The number of fused-ring (bicyclic) bond motifs is 1. The van der Waals surface area contributed by atoms with Crippen LogP contribution in [0.2, 0.25) is 0 Å². The van der Waals surface area contributed by atoms with Gasteiger partial charge in [0.05, 0.1) is 0 Å². The molecule has 0 saturated heterocycles. The third-order valence-corrected chi connectivity index (χ3v) is 4.31. The molecule has 2 aliphatic rings. The van der Waals surface area contributed by atoms with Gasteiger partial charge in [-0.2, -0.15) is 0 Å². The van der Waals surface area contributed by atoms with Gasteiger partial charge in [0.2, 0.25) is 0 Å². The second-order valence-electron chi connectivity index (χ2n) is 6.33. The molecule has 0 aromatic rings. The van der Waals surface area contributed by atoms with Crippen LogP contribution in [-0.4, -0.2) is 31.1 Å². The molecule has 2 unspecified atom stereocenters. The van der Waals surface area contributed by atoms with Crippen LogP contribution in [-0.2, 0) is 0 Å². The fraction of sp³-hybridized carbons (Fsp3) is 0.750. The van der Waals surface area contributed by atoms with E-state index in [0.717, 1.165) is 12.5 Å². The van der Waals surface area contributed by atoms with Gasteiger partial charge < -0.3 is 10.6 Å². The van der Waals surface area contributed by atoms with Gasteiger partial charge in [0.25, 0.3) is 0 Å². The lowest BCUT2D eigenvalue weighted by Crippen LogP contribution is -2.41. The first kappa shape index (κ1) is 13.8. The van der Waals surface area contributed by atoms with Crippen molar-refractivity contribution in [3.8, 4) is 0 Å². The Bertz CT molecular complexity index is 341. The van der Waals surface area contributed by atoms with E-state index < -0.39 is 0 Å². The second-order valence-corrected chi connectivity index (χ2v) is 6.33. The van der Waals surface area contributed by atoms with Gasteiger partial charge in [-0.1, -0.05) is 26.0 Å². The third-order valence-electron chi connectivity index (χ3n) is 4.31. The summed E-state index contributed by atoms with van der Waals surface area (Å²) >= 11 is 0. The van der Waals surface area contributed by atoms with E-state index in [0.29, 0.717) is 12.0 Å². The van der Waals surface area contributed by atoms with Crippen LogP contribution in [0.5, 0.6) is 0 Å². The van der Waals surface area contributed by atoms with E-state index in [4.69, 9.17) is 5.73 Å². The van der Waals surface area contributed by atoms with Gasteiger partial charge in [-0.15, -0.1) is 0 Å². The molecule has 1 fully saturated rings. The SMILES string of the molecule is CC(C)CN(C)C1CC2=CCCC=C2C(CN)C1. The molecule has 18 heavy (non-hydrogen) atoms. The van der Waals surface area contributed by atoms with E-state index in [1.807, 2.05) is 0 Å². The summed E-state index contributed by atoms with van der Waals surface area (Å²) < 4.78 is 0. The Morgan fingerprint density at radius 3 is 2.72 bits per heavy atom. The number of rotatable bonds is 4. The van der Waals surface area contributed by atoms with Crippen LogP contribution in [0.3, 0.4) is 0 Å². The topological polar surface area (TPSA) is 29.3 Å². The summed E-state index contributed by atoms with van der Waals surface area (Å²) in [5.74, 6) is 1.33. The minimum atomic E-state index is 0.588. The van der Waals surface area contributed by atoms with Crippen LogP contribution in [0.1, 0.15) is 39.5 Å². The van der Waals surface area contributed by atoms with E-state index >= 15 is 0 Å². The quantitative estimate of drug-likeness (QED) is 0.829. The molecule has 2 heteroatoms. The van der Waals surface area contributed by atoms with Gasteiger partial charge in [-0.3, -0.25) is 0 Å². The smallest absolute Gasteiger partial charge is 0.0139 e. The molecule has 0 amide bonds. The highest BCUT2D eigenvalue weighted by molar-refractivity contribution is 5.38. The summed E-state index contributed by atoms with van der Waals surface area (Å²) in [5.41, 5.74) is 9.14. The van der Waals surface area contributed by atoms with Gasteiger partial charge in [0, 0.05) is 12.6 Å². The van der Waals surface area contributed by atoms with Gasteiger partial charge in [-0.05, 0) is 62.3 Å². The Hall–Kier alpha value is -0.600. The maximum absolute atomic E-state index is 5.99. The number of hydrogen-bond donors (Lipinski definition) is 1. The van der Waals surface area contributed by atoms with Crippen molar-refractivity contribution >= 4 is 0 Å². The highest BCUT2D eigenvalue weighted by atomic mass is 15.1. The Morgan fingerprint density at radius 2 is 2.06 bits per heavy atom. The van der Waals surface area contributed by atoms with Crippen molar-refractivity contribution in [2.24, 2.45) is 17.6 Å². The molecular weight excluding hydrogens is 220 g/mol. The molecule has 2 rings (SSSR count). The number of hydrogen-bond acceptors (Lipinski definition) is 2. The van der Waals surface area contributed by atoms with Crippen molar-refractivity contribution < 1.29 is 0 Å². The zero-order chi connectivity index (χ0) is 13.1. The predicted molar refractivity (Wildman–Crippen MR) is 78.4 cm³/mol. The highest BCUT2D eigenvalue weighted by Crippen LogP contribution is 2.38. The summed E-state index contributed by atoms with van der Waals surface area (Å²) in [5, 5.41) is 0. The van der Waals surface area contributed by atoms with Gasteiger partial charge in [0.15, 0.2) is 0 Å². The monoisotopic (exact) mass is 248 g/mol. The second kappa shape index (κ2) is 6.03. The van der Waals surface area contributed by atoms with Gasteiger partial charge in [0.1, 0.15) is 0 Å². The molecule has 2 nitrogen and oxygen atoms in total. The molecule has 2 N–H and O–H groups in total. The van der Waals surface area contributed by atoms with Crippen molar-refractivity contribution in [3.63, 3.8) is 0 Å². The van der Waals surface area contributed by atoms with Crippen molar-refractivity contribution in [1.29, 1.82) is 0 Å². The Labute approximate surface area is 112 Å². The molecule has 0 heterocycles. The summed E-state index contributed by atoms with van der Waals surface area (Å²) in [6.07, 6.45) is 9.78. The number of nitrogens with two attached hydrogens (primary N) is 1. The molecule has 102 valence electrons. The molecule has 2 aliphatic carbocycles. The lowest BCUT2D eigenvalue weighted by Gasteiger charge is -2.39. The fourth-order valence-electron chi connectivity index (χ4n) is 3.45. The average Bonchev–Trinajstić information content (AvgIpc) is 2.36. The van der Waals surface area contributed by atoms with Crippen molar-refractivity contribution in [1.82, 2.24) is 4.90 Å². The maximum atomic E-state index is 5.99. The first-order valence-electron chi connectivity index (χ1n) is 7.41. The summed E-state index contributed by atoms with van der Waals surface area (Å²) in [6.45, 7) is 6.58. The molecule has 2 atom stereocenters. The lowest BCUT2D eigenvalue weighted by molar-refractivity contribution is 0.182. The van der Waals surface area contributed by atoms with Crippen LogP contribution in [0, 0.1) is 11.8 Å². The van der Waals surface area contributed by atoms with Gasteiger partial charge in [-0.25, -0.2) is 0 Å². The van der Waals surface area contributed by atoms with E-state index in [2.05, 4.69) is 37.9 Å². The minimum absolute atomic E-state index is 0.588. The molecular formula is C16H28N2. The van der Waals surface area contributed by atoms with Crippen LogP contribution < -0.4 is 5.73 Å². The first-order valence-corrected chi connectivity index (χ1v) is 7.41. The van der Waals surface area contributed by atoms with Gasteiger partial charge >= 0.3 is 0 Å². The third kappa shape index (κ3) is 3.04. The molecule has 0 aliphatic heterocycles. The van der Waals surface area contributed by atoms with E-state index in [1.54, 1.807) is 11.1 Å². The molecule has 0 aromatic heterocycles. The largest absolute Gasteiger partial charge is 0.330 e. The molecule has 1 saturated carbocycles. The lowest BCUT2D eigenvalue weighted by atomic mass is 9.75. The minimum Gasteiger partial charge on any atom is -0.330 e. The Morgan fingerprint density at radius 1 is 1.33 bits per heavy atom.